The summed E-state index contributed by atoms with van der Waals surface area (Å²) in [5.41, 5.74) is 1.44. The molecule has 4 aromatic rings. The quantitative estimate of drug-likeness (QED) is 0.161. The molecule has 0 fully saturated rings. The van der Waals surface area contributed by atoms with Gasteiger partial charge in [0.15, 0.2) is 23.1 Å². The molecule has 0 spiro atoms. The van der Waals surface area contributed by atoms with Crippen molar-refractivity contribution >= 4 is 34.7 Å². The Bertz CT molecular complexity index is 1480. The van der Waals surface area contributed by atoms with Crippen LogP contribution in [0.15, 0.2) is 120 Å². The summed E-state index contributed by atoms with van der Waals surface area (Å²) < 4.78 is 0. The molecule has 0 saturated heterocycles. The van der Waals surface area contributed by atoms with Crippen LogP contribution >= 0.6 is 0 Å². The molecule has 0 amide bonds. The average molecular weight is 557 g/mol. The Kier molecular flexibility index (Phi) is 7.84. The molecule has 0 aliphatic heterocycles. The van der Waals surface area contributed by atoms with Gasteiger partial charge >= 0.3 is 16.5 Å². The van der Waals surface area contributed by atoms with Crippen molar-refractivity contribution in [3.05, 3.63) is 154 Å². The number of benzene rings is 4. The molecule has 6 nitrogen and oxygen atoms in total. The van der Waals surface area contributed by atoms with E-state index >= 15 is 0 Å². The molecule has 2 aliphatic rings. The van der Waals surface area contributed by atoms with Crippen LogP contribution in [0, 0.1) is 0 Å². The van der Waals surface area contributed by atoms with Gasteiger partial charge in [0.05, 0.1) is 11.1 Å². The minimum absolute atomic E-state index is 0. The standard InChI is InChI=1S/2C16H10O3.Ni/c2*17-14(10-6-2-1-3-7-10)13-15(18)11-8-4-5-9-12(11)16(13)19;/h2*1-9,17H;/q;;+2/p-2. The fourth-order valence-electron chi connectivity index (χ4n) is 4.38. The van der Waals surface area contributed by atoms with Crippen molar-refractivity contribution in [1.29, 1.82) is 0 Å². The first-order valence-electron chi connectivity index (χ1n) is 11.7. The van der Waals surface area contributed by atoms with E-state index < -0.39 is 34.7 Å². The molecule has 7 heteroatoms. The second-order valence-corrected chi connectivity index (χ2v) is 8.55. The summed E-state index contributed by atoms with van der Waals surface area (Å²) in [6.07, 6.45) is 0. The van der Waals surface area contributed by atoms with Gasteiger partial charge in [0.25, 0.3) is 0 Å². The van der Waals surface area contributed by atoms with Crippen LogP contribution in [-0.4, -0.2) is 23.1 Å². The molecule has 0 bridgehead atoms. The number of fused-ring (bicyclic) bond motifs is 2. The minimum atomic E-state index is -0.508. The van der Waals surface area contributed by atoms with Crippen molar-refractivity contribution in [2.45, 2.75) is 0 Å². The van der Waals surface area contributed by atoms with Crippen LogP contribution in [0.25, 0.3) is 11.5 Å². The minimum Gasteiger partial charge on any atom is -0.871 e. The maximum atomic E-state index is 12.3. The van der Waals surface area contributed by atoms with Crippen LogP contribution in [-0.2, 0) is 16.5 Å². The van der Waals surface area contributed by atoms with Gasteiger partial charge in [-0.2, -0.15) is 0 Å². The molecule has 6 rings (SSSR count). The van der Waals surface area contributed by atoms with Crippen molar-refractivity contribution in [3.8, 4) is 0 Å². The summed E-state index contributed by atoms with van der Waals surface area (Å²) in [7, 11) is 0. The van der Waals surface area contributed by atoms with Gasteiger partial charge in [-0.1, -0.05) is 121 Å². The molecular formula is C32H18NiO6. The van der Waals surface area contributed by atoms with E-state index in [1.54, 1.807) is 109 Å². The first kappa shape index (κ1) is 27.2. The van der Waals surface area contributed by atoms with E-state index in [0.29, 0.717) is 33.4 Å². The summed E-state index contributed by atoms with van der Waals surface area (Å²) in [5.74, 6) is -2.92. The Morgan fingerprint density at radius 1 is 0.385 bits per heavy atom. The number of carbonyl (C=O) groups is 4. The molecule has 0 saturated carbocycles. The predicted molar refractivity (Wildman–Crippen MR) is 137 cm³/mol. The number of allylic oxidation sites excluding steroid dienone is 2. The summed E-state index contributed by atoms with van der Waals surface area (Å²) in [5, 5.41) is 24.5. The van der Waals surface area contributed by atoms with Crippen LogP contribution in [0.2, 0.25) is 0 Å². The zero-order valence-corrected chi connectivity index (χ0v) is 21.1. The topological polar surface area (TPSA) is 114 Å². The van der Waals surface area contributed by atoms with Gasteiger partial charge in [0.2, 0.25) is 0 Å². The average Bonchev–Trinajstić information content (AvgIpc) is 3.38. The van der Waals surface area contributed by atoms with Crippen LogP contribution < -0.4 is 10.2 Å². The van der Waals surface area contributed by atoms with Crippen LogP contribution in [0.3, 0.4) is 0 Å². The maximum absolute atomic E-state index is 12.3. The molecule has 2 aliphatic carbocycles. The second kappa shape index (κ2) is 11.3. The van der Waals surface area contributed by atoms with Gasteiger partial charge < -0.3 is 10.2 Å². The maximum Gasteiger partial charge on any atom is 2.00 e. The largest absolute Gasteiger partial charge is 2.00 e. The molecule has 39 heavy (non-hydrogen) atoms. The van der Waals surface area contributed by atoms with Crippen LogP contribution in [0.1, 0.15) is 52.6 Å². The molecule has 0 radical (unpaired) electrons. The Balaban J connectivity index is 0.000000176. The van der Waals surface area contributed by atoms with E-state index in [1.807, 2.05) is 0 Å². The van der Waals surface area contributed by atoms with Crippen molar-refractivity contribution < 1.29 is 45.9 Å². The van der Waals surface area contributed by atoms with Gasteiger partial charge in [-0.05, 0) is 11.1 Å². The van der Waals surface area contributed by atoms with E-state index in [-0.39, 0.29) is 27.6 Å². The van der Waals surface area contributed by atoms with Gasteiger partial charge in [0, 0.05) is 22.3 Å². The second-order valence-electron chi connectivity index (χ2n) is 8.55. The molecule has 0 unspecified atom stereocenters. The number of hydrogen-bond acceptors (Lipinski definition) is 6. The number of Topliss-reactive ketones (excluding diaryl/α,β-unsaturated/α-hetero) is 4. The first-order chi connectivity index (χ1) is 18.4. The van der Waals surface area contributed by atoms with Crippen molar-refractivity contribution in [2.24, 2.45) is 0 Å². The van der Waals surface area contributed by atoms with Gasteiger partial charge in [0.1, 0.15) is 0 Å². The third-order valence-electron chi connectivity index (χ3n) is 6.27. The Morgan fingerprint density at radius 2 is 0.615 bits per heavy atom. The molecule has 0 atom stereocenters. The summed E-state index contributed by atoms with van der Waals surface area (Å²) >= 11 is 0. The van der Waals surface area contributed by atoms with Crippen LogP contribution in [0.4, 0.5) is 0 Å². The molecule has 0 aromatic heterocycles. The Hall–Kier alpha value is -4.87. The third-order valence-corrected chi connectivity index (χ3v) is 6.27. The fourth-order valence-corrected chi connectivity index (χ4v) is 4.38. The summed E-state index contributed by atoms with van der Waals surface area (Å²) in [6.45, 7) is 0. The number of hydrogen-bond donors (Lipinski definition) is 0. The number of ketones is 4. The number of carbonyl (C=O) groups excluding carboxylic acids is 4. The van der Waals surface area contributed by atoms with Gasteiger partial charge in [-0.25, -0.2) is 0 Å². The third kappa shape index (κ3) is 4.88. The smallest absolute Gasteiger partial charge is 0.871 e. The van der Waals surface area contributed by atoms with Gasteiger partial charge in [-0.3, -0.25) is 19.2 Å². The summed E-state index contributed by atoms with van der Waals surface area (Å²) in [4.78, 5) is 48.6. The molecule has 0 N–H and O–H groups in total. The monoisotopic (exact) mass is 556 g/mol. The zero-order valence-electron chi connectivity index (χ0n) is 20.2. The van der Waals surface area contributed by atoms with E-state index in [9.17, 15) is 29.4 Å². The predicted octanol–water partition coefficient (Wildman–Crippen LogP) is 3.67. The van der Waals surface area contributed by atoms with Crippen LogP contribution in [0.5, 0.6) is 0 Å². The van der Waals surface area contributed by atoms with E-state index in [2.05, 4.69) is 0 Å². The Morgan fingerprint density at radius 3 is 0.872 bits per heavy atom. The SMILES string of the molecule is O=C1C(=C([O-])c2ccccc2)C(=O)c2ccccc21.O=C1C(=C([O-])c2ccccc2)C(=O)c2ccccc21.[Ni+2]. The van der Waals surface area contributed by atoms with Crippen molar-refractivity contribution in [1.82, 2.24) is 0 Å². The zero-order chi connectivity index (χ0) is 26.8. The van der Waals surface area contributed by atoms with E-state index in [1.165, 1.54) is 0 Å². The van der Waals surface area contributed by atoms with E-state index in [0.717, 1.165) is 0 Å². The molecule has 0 heterocycles. The normalized spacial score (nSPS) is 13.2. The number of rotatable bonds is 2. The molecule has 192 valence electrons. The molecule has 4 aromatic carbocycles. The van der Waals surface area contributed by atoms with Crippen molar-refractivity contribution in [2.75, 3.05) is 0 Å². The van der Waals surface area contributed by atoms with E-state index in [4.69, 9.17) is 0 Å². The van der Waals surface area contributed by atoms with Gasteiger partial charge in [-0.15, -0.1) is 0 Å². The summed E-state index contributed by atoms with van der Waals surface area (Å²) in [6, 6.07) is 29.7. The Labute approximate surface area is 233 Å². The fraction of sp³-hybridized carbons (Fsp3) is 0. The van der Waals surface area contributed by atoms with Crippen molar-refractivity contribution in [3.63, 3.8) is 0 Å². The first-order valence-corrected chi connectivity index (χ1v) is 11.7. The molecular weight excluding hydrogens is 539 g/mol.